The van der Waals surface area contributed by atoms with E-state index in [4.69, 9.17) is 5.21 Å². The third-order valence-corrected chi connectivity index (χ3v) is 7.26. The number of piperidine rings is 1. The highest BCUT2D eigenvalue weighted by atomic mass is 16.5. The normalized spacial score (nSPS) is 16.6. The van der Waals surface area contributed by atoms with Crippen molar-refractivity contribution in [3.8, 4) is 0 Å². The van der Waals surface area contributed by atoms with Crippen LogP contribution in [0, 0.1) is 0 Å². The molecule has 1 saturated heterocycles. The summed E-state index contributed by atoms with van der Waals surface area (Å²) in [6, 6.07) is 12.4. The zero-order valence-electron chi connectivity index (χ0n) is 21.8. The second-order valence-electron chi connectivity index (χ2n) is 10.1. The SMILES string of the molecule is O=C(CCCCCCCc1ccc(CNC(=O)c2ccc3c(c2)CN(C2CCC(=O)NC2=O)C3=O)cc1)NO. The van der Waals surface area contributed by atoms with E-state index in [1.807, 2.05) is 12.1 Å². The quantitative estimate of drug-likeness (QED) is 0.143. The van der Waals surface area contributed by atoms with Gasteiger partial charge in [0.05, 0.1) is 0 Å². The summed E-state index contributed by atoms with van der Waals surface area (Å²) in [5, 5.41) is 13.7. The van der Waals surface area contributed by atoms with Gasteiger partial charge in [0, 0.05) is 37.1 Å². The van der Waals surface area contributed by atoms with E-state index in [-0.39, 0.29) is 36.6 Å². The molecule has 39 heavy (non-hydrogen) atoms. The Balaban J connectivity index is 1.21. The van der Waals surface area contributed by atoms with Gasteiger partial charge in [0.25, 0.3) is 11.8 Å². The van der Waals surface area contributed by atoms with E-state index in [1.165, 1.54) is 10.5 Å². The van der Waals surface area contributed by atoms with Gasteiger partial charge in [-0.2, -0.15) is 0 Å². The lowest BCUT2D eigenvalue weighted by molar-refractivity contribution is -0.137. The fourth-order valence-corrected chi connectivity index (χ4v) is 5.02. The highest BCUT2D eigenvalue weighted by Gasteiger charge is 2.39. The first-order chi connectivity index (χ1) is 18.9. The van der Waals surface area contributed by atoms with Gasteiger partial charge in [-0.15, -0.1) is 0 Å². The van der Waals surface area contributed by atoms with Gasteiger partial charge in [-0.1, -0.05) is 43.5 Å². The van der Waals surface area contributed by atoms with Crippen LogP contribution in [0.15, 0.2) is 42.5 Å². The first-order valence-electron chi connectivity index (χ1n) is 13.4. The summed E-state index contributed by atoms with van der Waals surface area (Å²) < 4.78 is 0. The van der Waals surface area contributed by atoms with Gasteiger partial charge in [-0.3, -0.25) is 34.5 Å². The van der Waals surface area contributed by atoms with E-state index in [0.717, 1.165) is 44.1 Å². The second-order valence-corrected chi connectivity index (χ2v) is 10.1. The molecule has 0 radical (unpaired) electrons. The van der Waals surface area contributed by atoms with Crippen molar-refractivity contribution in [3.63, 3.8) is 0 Å². The molecule has 206 valence electrons. The first kappa shape index (κ1) is 28.0. The molecule has 0 spiro atoms. The number of hydroxylamine groups is 1. The molecule has 2 aliphatic heterocycles. The summed E-state index contributed by atoms with van der Waals surface area (Å²) in [5.74, 6) is -1.64. The Kier molecular flexibility index (Phi) is 9.43. The smallest absolute Gasteiger partial charge is 0.255 e. The minimum Gasteiger partial charge on any atom is -0.348 e. The summed E-state index contributed by atoms with van der Waals surface area (Å²) in [5.41, 5.74) is 5.47. The van der Waals surface area contributed by atoms with Crippen LogP contribution >= 0.6 is 0 Å². The summed E-state index contributed by atoms with van der Waals surface area (Å²) >= 11 is 0. The zero-order valence-corrected chi connectivity index (χ0v) is 21.8. The number of hydrogen-bond acceptors (Lipinski definition) is 6. The molecule has 1 unspecified atom stereocenters. The molecule has 10 heteroatoms. The number of unbranched alkanes of at least 4 members (excludes halogenated alkanes) is 4. The molecule has 0 aromatic heterocycles. The van der Waals surface area contributed by atoms with E-state index in [9.17, 15) is 24.0 Å². The molecular weight excluding hydrogens is 500 g/mol. The molecule has 2 aliphatic rings. The molecule has 0 saturated carbocycles. The van der Waals surface area contributed by atoms with Crippen molar-refractivity contribution >= 4 is 29.5 Å². The largest absolute Gasteiger partial charge is 0.348 e. The number of carbonyl (C=O) groups is 5. The molecule has 10 nitrogen and oxygen atoms in total. The van der Waals surface area contributed by atoms with Crippen LogP contribution in [0.3, 0.4) is 0 Å². The van der Waals surface area contributed by atoms with Gasteiger partial charge in [0.1, 0.15) is 6.04 Å². The maximum absolute atomic E-state index is 12.8. The topological polar surface area (TPSA) is 145 Å². The molecule has 1 fully saturated rings. The van der Waals surface area contributed by atoms with Crippen molar-refractivity contribution in [2.75, 3.05) is 0 Å². The Morgan fingerprint density at radius 1 is 0.949 bits per heavy atom. The minimum absolute atomic E-state index is 0.195. The molecule has 1 atom stereocenters. The number of nitrogens with one attached hydrogen (secondary N) is 3. The summed E-state index contributed by atoms with van der Waals surface area (Å²) in [6.45, 7) is 0.600. The molecule has 2 aromatic carbocycles. The number of nitrogens with zero attached hydrogens (tertiary/aromatic N) is 1. The maximum Gasteiger partial charge on any atom is 0.255 e. The van der Waals surface area contributed by atoms with Crippen LogP contribution in [0.1, 0.15) is 88.8 Å². The lowest BCUT2D eigenvalue weighted by Gasteiger charge is -2.29. The molecule has 5 amide bonds. The van der Waals surface area contributed by atoms with E-state index in [0.29, 0.717) is 36.1 Å². The monoisotopic (exact) mass is 534 g/mol. The van der Waals surface area contributed by atoms with Gasteiger partial charge in [0.15, 0.2) is 0 Å². The van der Waals surface area contributed by atoms with Crippen molar-refractivity contribution in [1.29, 1.82) is 0 Å². The van der Waals surface area contributed by atoms with Crippen molar-refractivity contribution in [2.45, 2.75) is 76.9 Å². The average molecular weight is 535 g/mol. The Bertz CT molecular complexity index is 1240. The summed E-state index contributed by atoms with van der Waals surface area (Å²) in [4.78, 5) is 61.8. The molecule has 0 aliphatic carbocycles. The van der Waals surface area contributed by atoms with Crippen LogP contribution < -0.4 is 16.1 Å². The number of fused-ring (bicyclic) bond motifs is 1. The number of rotatable bonds is 12. The van der Waals surface area contributed by atoms with Gasteiger partial charge in [0.2, 0.25) is 17.7 Å². The van der Waals surface area contributed by atoms with Gasteiger partial charge >= 0.3 is 0 Å². The lowest BCUT2D eigenvalue weighted by Crippen LogP contribution is -2.52. The fourth-order valence-electron chi connectivity index (χ4n) is 5.02. The number of hydrogen-bond donors (Lipinski definition) is 4. The Morgan fingerprint density at radius 3 is 2.41 bits per heavy atom. The predicted molar refractivity (Wildman–Crippen MR) is 141 cm³/mol. The molecule has 4 rings (SSSR count). The predicted octanol–water partition coefficient (Wildman–Crippen LogP) is 2.77. The maximum atomic E-state index is 12.8. The van der Waals surface area contributed by atoms with E-state index in [1.54, 1.807) is 23.7 Å². The van der Waals surface area contributed by atoms with Crippen molar-refractivity contribution in [1.82, 2.24) is 21.0 Å². The van der Waals surface area contributed by atoms with Crippen LogP contribution in [-0.4, -0.2) is 45.7 Å². The van der Waals surface area contributed by atoms with Crippen molar-refractivity contribution in [2.24, 2.45) is 0 Å². The average Bonchev–Trinajstić information content (AvgIpc) is 3.26. The summed E-state index contributed by atoms with van der Waals surface area (Å²) in [7, 11) is 0. The standard InChI is InChI=1S/C29H34N4O6/c34-25-15-14-24(28(37)31-25)33-18-22-16-21(12-13-23(22)29(33)38)27(36)30-17-20-10-8-19(9-11-20)6-4-2-1-3-5-7-26(35)32-39/h8-13,16,24,39H,1-7,14-15,17-18H2,(H,30,36)(H,32,35)(H,31,34,37). The van der Waals surface area contributed by atoms with Crippen LogP contribution in [-0.2, 0) is 33.9 Å². The van der Waals surface area contributed by atoms with E-state index >= 15 is 0 Å². The summed E-state index contributed by atoms with van der Waals surface area (Å²) in [6.07, 6.45) is 6.73. The number of benzene rings is 2. The Morgan fingerprint density at radius 2 is 1.67 bits per heavy atom. The molecule has 2 heterocycles. The number of imide groups is 1. The molecule has 0 bridgehead atoms. The van der Waals surface area contributed by atoms with Crippen molar-refractivity contribution in [3.05, 3.63) is 70.3 Å². The van der Waals surface area contributed by atoms with Gasteiger partial charge in [-0.05, 0) is 60.6 Å². The third-order valence-electron chi connectivity index (χ3n) is 7.26. The lowest BCUT2D eigenvalue weighted by atomic mass is 10.0. The van der Waals surface area contributed by atoms with Crippen LogP contribution in [0.4, 0.5) is 0 Å². The molecule has 4 N–H and O–H groups in total. The minimum atomic E-state index is -0.685. The Hall–Kier alpha value is -4.05. The first-order valence-corrected chi connectivity index (χ1v) is 13.4. The van der Waals surface area contributed by atoms with Crippen LogP contribution in [0.25, 0.3) is 0 Å². The number of aryl methyl sites for hydroxylation is 1. The van der Waals surface area contributed by atoms with Crippen LogP contribution in [0.5, 0.6) is 0 Å². The zero-order chi connectivity index (χ0) is 27.8. The highest BCUT2D eigenvalue weighted by Crippen LogP contribution is 2.28. The highest BCUT2D eigenvalue weighted by molar-refractivity contribution is 6.06. The number of amides is 5. The van der Waals surface area contributed by atoms with E-state index in [2.05, 4.69) is 22.8 Å². The van der Waals surface area contributed by atoms with E-state index < -0.39 is 11.9 Å². The third kappa shape index (κ3) is 7.29. The number of carbonyl (C=O) groups excluding carboxylic acids is 5. The fraction of sp³-hybridized carbons (Fsp3) is 0.414. The second kappa shape index (κ2) is 13.1. The Labute approximate surface area is 227 Å². The van der Waals surface area contributed by atoms with Gasteiger partial charge in [-0.25, -0.2) is 5.48 Å². The van der Waals surface area contributed by atoms with Crippen molar-refractivity contribution < 1.29 is 29.2 Å². The molecule has 2 aromatic rings. The molecular formula is C29H34N4O6. The van der Waals surface area contributed by atoms with Crippen LogP contribution in [0.2, 0.25) is 0 Å². The van der Waals surface area contributed by atoms with Gasteiger partial charge < -0.3 is 10.2 Å².